The molecule has 1 fully saturated rings. The molecule has 0 amide bonds. The first-order valence-electron chi connectivity index (χ1n) is 5.68. The molecule has 1 aliphatic rings. The zero-order valence-corrected chi connectivity index (χ0v) is 9.50. The lowest BCUT2D eigenvalue weighted by Gasteiger charge is -2.14. The van der Waals surface area contributed by atoms with Crippen molar-refractivity contribution in [2.24, 2.45) is 0 Å². The van der Waals surface area contributed by atoms with Gasteiger partial charge in [-0.25, -0.2) is 4.79 Å². The van der Waals surface area contributed by atoms with Crippen LogP contribution < -0.4 is 4.74 Å². The zero-order valence-electron chi connectivity index (χ0n) is 9.50. The van der Waals surface area contributed by atoms with Crippen molar-refractivity contribution >= 4 is 5.97 Å². The molecule has 1 aromatic heterocycles. The number of hydrogen-bond acceptors (Lipinski definition) is 5. The zero-order chi connectivity index (χ0) is 12.1. The molecule has 0 atom stereocenters. The SMILES string of the molecule is O=C(O)c1ccc(OCCN2CCCC2)nn1. The maximum Gasteiger partial charge on any atom is 0.356 e. The summed E-state index contributed by atoms with van der Waals surface area (Å²) in [5.74, 6) is -0.713. The molecule has 0 radical (unpaired) electrons. The molecule has 17 heavy (non-hydrogen) atoms. The summed E-state index contributed by atoms with van der Waals surface area (Å²) < 4.78 is 5.39. The Morgan fingerprint density at radius 2 is 2.12 bits per heavy atom. The highest BCUT2D eigenvalue weighted by molar-refractivity contribution is 5.84. The van der Waals surface area contributed by atoms with Crippen molar-refractivity contribution in [3.63, 3.8) is 0 Å². The van der Waals surface area contributed by atoms with Crippen LogP contribution in [0, 0.1) is 0 Å². The van der Waals surface area contributed by atoms with Gasteiger partial charge in [-0.05, 0) is 32.0 Å². The Hall–Kier alpha value is -1.69. The average molecular weight is 237 g/mol. The van der Waals surface area contributed by atoms with Crippen molar-refractivity contribution in [1.29, 1.82) is 0 Å². The third-order valence-corrected chi connectivity index (χ3v) is 2.72. The number of carboxylic acid groups (broad SMARTS) is 1. The molecule has 92 valence electrons. The van der Waals surface area contributed by atoms with Gasteiger partial charge in [-0.2, -0.15) is 0 Å². The lowest BCUT2D eigenvalue weighted by Crippen LogP contribution is -2.25. The molecule has 1 saturated heterocycles. The van der Waals surface area contributed by atoms with Crippen LogP contribution >= 0.6 is 0 Å². The Bertz CT molecular complexity index is 374. The maximum atomic E-state index is 10.6. The second-order valence-electron chi connectivity index (χ2n) is 3.96. The molecule has 0 spiro atoms. The van der Waals surface area contributed by atoms with Crippen LogP contribution in [0.25, 0.3) is 0 Å². The van der Waals surface area contributed by atoms with Crippen LogP contribution in [-0.4, -0.2) is 52.4 Å². The predicted octanol–water partition coefficient (Wildman–Crippen LogP) is 0.649. The van der Waals surface area contributed by atoms with Crippen molar-refractivity contribution in [3.8, 4) is 5.88 Å². The molecule has 6 nitrogen and oxygen atoms in total. The Balaban J connectivity index is 1.76. The molecule has 0 aromatic carbocycles. The lowest BCUT2D eigenvalue weighted by atomic mass is 10.4. The van der Waals surface area contributed by atoms with E-state index in [-0.39, 0.29) is 5.69 Å². The molecule has 0 saturated carbocycles. The molecule has 1 aliphatic heterocycles. The van der Waals surface area contributed by atoms with E-state index in [1.54, 1.807) is 0 Å². The van der Waals surface area contributed by atoms with Crippen LogP contribution in [0.3, 0.4) is 0 Å². The van der Waals surface area contributed by atoms with Crippen molar-refractivity contribution in [1.82, 2.24) is 15.1 Å². The summed E-state index contributed by atoms with van der Waals surface area (Å²) in [7, 11) is 0. The third kappa shape index (κ3) is 3.39. The van der Waals surface area contributed by atoms with E-state index in [1.807, 2.05) is 0 Å². The van der Waals surface area contributed by atoms with Gasteiger partial charge >= 0.3 is 5.97 Å². The molecule has 2 heterocycles. The van der Waals surface area contributed by atoms with E-state index < -0.39 is 5.97 Å². The van der Waals surface area contributed by atoms with Gasteiger partial charge in [-0.1, -0.05) is 0 Å². The Kier molecular flexibility index (Phi) is 3.87. The molecule has 6 heteroatoms. The van der Waals surface area contributed by atoms with E-state index in [0.29, 0.717) is 12.5 Å². The van der Waals surface area contributed by atoms with Gasteiger partial charge in [-0.3, -0.25) is 4.90 Å². The standard InChI is InChI=1S/C11H15N3O3/c15-11(16)9-3-4-10(13-12-9)17-8-7-14-5-1-2-6-14/h3-4H,1-2,5-8H2,(H,15,16). The number of rotatable bonds is 5. The van der Waals surface area contributed by atoms with Crippen molar-refractivity contribution in [2.45, 2.75) is 12.8 Å². The minimum Gasteiger partial charge on any atom is -0.476 e. The van der Waals surface area contributed by atoms with Gasteiger partial charge in [0.1, 0.15) is 6.61 Å². The average Bonchev–Trinajstić information content (AvgIpc) is 2.83. The highest BCUT2D eigenvalue weighted by Crippen LogP contribution is 2.08. The molecular formula is C11H15N3O3. The topological polar surface area (TPSA) is 75.6 Å². The van der Waals surface area contributed by atoms with Crippen LogP contribution in [0.1, 0.15) is 23.3 Å². The summed E-state index contributed by atoms with van der Waals surface area (Å²) in [6.07, 6.45) is 2.51. The fraction of sp³-hybridized carbons (Fsp3) is 0.545. The number of hydrogen-bond donors (Lipinski definition) is 1. The molecule has 2 rings (SSSR count). The quantitative estimate of drug-likeness (QED) is 0.810. The summed E-state index contributed by atoms with van der Waals surface area (Å²) in [6.45, 7) is 3.70. The molecule has 1 aromatic rings. The summed E-state index contributed by atoms with van der Waals surface area (Å²) >= 11 is 0. The Morgan fingerprint density at radius 1 is 1.35 bits per heavy atom. The van der Waals surface area contributed by atoms with Gasteiger partial charge in [0.25, 0.3) is 0 Å². The summed E-state index contributed by atoms with van der Waals surface area (Å²) in [5.41, 5.74) is -0.0723. The second kappa shape index (κ2) is 5.58. The van der Waals surface area contributed by atoms with Crippen molar-refractivity contribution in [3.05, 3.63) is 17.8 Å². The minimum atomic E-state index is -1.08. The molecular weight excluding hydrogens is 222 g/mol. The summed E-state index contributed by atoms with van der Waals surface area (Å²) in [5, 5.41) is 15.9. The molecule has 0 aliphatic carbocycles. The van der Waals surface area contributed by atoms with Gasteiger partial charge < -0.3 is 9.84 Å². The normalized spacial score (nSPS) is 16.0. The Morgan fingerprint density at radius 3 is 2.71 bits per heavy atom. The van der Waals surface area contributed by atoms with Gasteiger partial charge in [0.15, 0.2) is 5.69 Å². The molecule has 1 N–H and O–H groups in total. The highest BCUT2D eigenvalue weighted by atomic mass is 16.5. The van der Waals surface area contributed by atoms with Crippen LogP contribution in [-0.2, 0) is 0 Å². The van der Waals surface area contributed by atoms with E-state index in [2.05, 4.69) is 15.1 Å². The summed E-state index contributed by atoms with van der Waals surface area (Å²) in [4.78, 5) is 12.9. The van der Waals surface area contributed by atoms with Crippen LogP contribution in [0.5, 0.6) is 5.88 Å². The van der Waals surface area contributed by atoms with Gasteiger partial charge in [0, 0.05) is 12.6 Å². The maximum absolute atomic E-state index is 10.6. The number of likely N-dealkylation sites (tertiary alicyclic amines) is 1. The third-order valence-electron chi connectivity index (χ3n) is 2.72. The number of nitrogens with zero attached hydrogens (tertiary/aromatic N) is 3. The monoisotopic (exact) mass is 237 g/mol. The van der Waals surface area contributed by atoms with E-state index in [4.69, 9.17) is 9.84 Å². The fourth-order valence-corrected chi connectivity index (χ4v) is 1.80. The van der Waals surface area contributed by atoms with E-state index in [1.165, 1.54) is 25.0 Å². The number of aromatic nitrogens is 2. The van der Waals surface area contributed by atoms with Crippen LogP contribution in [0.2, 0.25) is 0 Å². The Labute approximate surface area is 99.2 Å². The molecule has 0 unspecified atom stereocenters. The van der Waals surface area contributed by atoms with Gasteiger partial charge in [0.05, 0.1) is 0 Å². The first kappa shape index (κ1) is 11.8. The summed E-state index contributed by atoms with van der Waals surface area (Å²) in [6, 6.07) is 2.92. The van der Waals surface area contributed by atoms with Gasteiger partial charge in [-0.15, -0.1) is 10.2 Å². The molecule has 0 bridgehead atoms. The smallest absolute Gasteiger partial charge is 0.356 e. The van der Waals surface area contributed by atoms with E-state index >= 15 is 0 Å². The van der Waals surface area contributed by atoms with Crippen LogP contribution in [0.4, 0.5) is 0 Å². The van der Waals surface area contributed by atoms with Gasteiger partial charge in [0.2, 0.25) is 5.88 Å². The lowest BCUT2D eigenvalue weighted by molar-refractivity contribution is 0.0689. The van der Waals surface area contributed by atoms with E-state index in [9.17, 15) is 4.79 Å². The van der Waals surface area contributed by atoms with Crippen LogP contribution in [0.15, 0.2) is 12.1 Å². The fourth-order valence-electron chi connectivity index (χ4n) is 1.80. The number of carbonyl (C=O) groups is 1. The second-order valence-corrected chi connectivity index (χ2v) is 3.96. The van der Waals surface area contributed by atoms with Crippen molar-refractivity contribution in [2.75, 3.05) is 26.2 Å². The predicted molar refractivity (Wildman–Crippen MR) is 60.2 cm³/mol. The number of aromatic carboxylic acids is 1. The number of ether oxygens (including phenoxy) is 1. The van der Waals surface area contributed by atoms with Crippen molar-refractivity contribution < 1.29 is 14.6 Å². The first-order valence-corrected chi connectivity index (χ1v) is 5.68. The minimum absolute atomic E-state index is 0.0723. The first-order chi connectivity index (χ1) is 8.25. The highest BCUT2D eigenvalue weighted by Gasteiger charge is 2.11. The van der Waals surface area contributed by atoms with E-state index in [0.717, 1.165) is 19.6 Å². The number of carboxylic acids is 1. The largest absolute Gasteiger partial charge is 0.476 e.